The van der Waals surface area contributed by atoms with Crippen LogP contribution in [-0.2, 0) is 0 Å². The predicted octanol–water partition coefficient (Wildman–Crippen LogP) is 5.05. The van der Waals surface area contributed by atoms with Crippen molar-refractivity contribution in [3.63, 3.8) is 0 Å². The quantitative estimate of drug-likeness (QED) is 0.475. The topological polar surface area (TPSA) is 0 Å². The van der Waals surface area contributed by atoms with Gasteiger partial charge in [-0.3, -0.25) is 0 Å². The third kappa shape index (κ3) is 3.86. The van der Waals surface area contributed by atoms with Crippen LogP contribution < -0.4 is 0 Å². The lowest BCUT2D eigenvalue weighted by molar-refractivity contribution is 0.275. The molecular formula is C14H28. The zero-order valence-corrected chi connectivity index (χ0v) is 11.1. The summed E-state index contributed by atoms with van der Waals surface area (Å²) in [6.07, 6.45) is 7.49. The highest BCUT2D eigenvalue weighted by Gasteiger charge is 2.28. The van der Waals surface area contributed by atoms with E-state index in [1.807, 2.05) is 13.8 Å². The molecule has 1 atom stereocenters. The lowest BCUT2D eigenvalue weighted by atomic mass is 9.78. The van der Waals surface area contributed by atoms with E-state index in [1.54, 1.807) is 0 Å². The van der Waals surface area contributed by atoms with Gasteiger partial charge in [-0.1, -0.05) is 60.6 Å². The molecule has 0 N–H and O–H groups in total. The van der Waals surface area contributed by atoms with Crippen LogP contribution >= 0.6 is 0 Å². The van der Waals surface area contributed by atoms with E-state index in [0.717, 1.165) is 5.92 Å². The predicted molar refractivity (Wildman–Crippen MR) is 66.4 cm³/mol. The second-order valence-electron chi connectivity index (χ2n) is 5.58. The van der Waals surface area contributed by atoms with Gasteiger partial charge in [0, 0.05) is 0 Å². The van der Waals surface area contributed by atoms with Crippen LogP contribution in [0.4, 0.5) is 0 Å². The minimum atomic E-state index is 0.397. The zero-order chi connectivity index (χ0) is 11.4. The molecule has 0 spiro atoms. The lowest BCUT2D eigenvalue weighted by Crippen LogP contribution is -2.17. The van der Waals surface area contributed by atoms with Crippen LogP contribution in [0.1, 0.15) is 61.3 Å². The smallest absolute Gasteiger partial charge is 0.0149 e. The standard InChI is InChI=1S/C12H22.C2H6/c1-10-6-7-11(2,3)8-9-12(10,4)5;1-2/h8-10H,6-7H2,1-5H3;1-2H3. The maximum absolute atomic E-state index is 2.41. The Morgan fingerprint density at radius 3 is 2.00 bits per heavy atom. The summed E-state index contributed by atoms with van der Waals surface area (Å²) >= 11 is 0. The van der Waals surface area contributed by atoms with Crippen molar-refractivity contribution in [1.29, 1.82) is 0 Å². The van der Waals surface area contributed by atoms with Crippen LogP contribution in [0.5, 0.6) is 0 Å². The summed E-state index contributed by atoms with van der Waals surface area (Å²) in [7, 11) is 0. The largest absolute Gasteiger partial charge is 0.0823 e. The molecule has 0 saturated carbocycles. The Labute approximate surface area is 90.8 Å². The molecule has 0 aromatic heterocycles. The first-order valence-electron chi connectivity index (χ1n) is 6.04. The fraction of sp³-hybridized carbons (Fsp3) is 0.857. The van der Waals surface area contributed by atoms with E-state index in [-0.39, 0.29) is 0 Å². The van der Waals surface area contributed by atoms with Gasteiger partial charge in [-0.2, -0.15) is 0 Å². The van der Waals surface area contributed by atoms with Crippen molar-refractivity contribution in [3.8, 4) is 0 Å². The first-order chi connectivity index (χ1) is 6.33. The van der Waals surface area contributed by atoms with Crippen molar-refractivity contribution in [2.45, 2.75) is 61.3 Å². The average molecular weight is 196 g/mol. The molecule has 1 aliphatic carbocycles. The van der Waals surface area contributed by atoms with E-state index in [2.05, 4.69) is 46.8 Å². The molecular weight excluding hydrogens is 168 g/mol. The summed E-state index contributed by atoms with van der Waals surface area (Å²) in [4.78, 5) is 0. The molecule has 0 aliphatic heterocycles. The Kier molecular flexibility index (Phi) is 4.91. The Morgan fingerprint density at radius 2 is 1.50 bits per heavy atom. The minimum Gasteiger partial charge on any atom is -0.0823 e. The highest BCUT2D eigenvalue weighted by Crippen LogP contribution is 2.40. The molecule has 0 aromatic carbocycles. The van der Waals surface area contributed by atoms with Gasteiger partial charge in [-0.25, -0.2) is 0 Å². The molecule has 0 saturated heterocycles. The monoisotopic (exact) mass is 196 g/mol. The molecule has 14 heavy (non-hydrogen) atoms. The first-order valence-corrected chi connectivity index (χ1v) is 6.04. The third-order valence-electron chi connectivity index (χ3n) is 3.46. The number of rotatable bonds is 0. The van der Waals surface area contributed by atoms with Crippen molar-refractivity contribution in [2.24, 2.45) is 16.7 Å². The van der Waals surface area contributed by atoms with E-state index in [1.165, 1.54) is 12.8 Å². The van der Waals surface area contributed by atoms with E-state index in [9.17, 15) is 0 Å². The van der Waals surface area contributed by atoms with Gasteiger partial charge in [-0.05, 0) is 29.6 Å². The summed E-state index contributed by atoms with van der Waals surface area (Å²) in [6, 6.07) is 0. The van der Waals surface area contributed by atoms with E-state index in [4.69, 9.17) is 0 Å². The molecule has 0 aromatic rings. The van der Waals surface area contributed by atoms with Crippen LogP contribution in [-0.4, -0.2) is 0 Å². The first kappa shape index (κ1) is 13.7. The van der Waals surface area contributed by atoms with E-state index < -0.39 is 0 Å². The Bertz CT molecular complexity index is 184. The lowest BCUT2D eigenvalue weighted by Gasteiger charge is -2.26. The average Bonchev–Trinajstić information content (AvgIpc) is 2.22. The summed E-state index contributed by atoms with van der Waals surface area (Å²) in [5, 5.41) is 0. The molecule has 0 heteroatoms. The van der Waals surface area contributed by atoms with E-state index in [0.29, 0.717) is 10.8 Å². The van der Waals surface area contributed by atoms with Gasteiger partial charge >= 0.3 is 0 Å². The van der Waals surface area contributed by atoms with Crippen LogP contribution in [0.25, 0.3) is 0 Å². The molecule has 0 radical (unpaired) electrons. The molecule has 0 heterocycles. The number of hydrogen-bond donors (Lipinski definition) is 0. The minimum absolute atomic E-state index is 0.397. The second kappa shape index (κ2) is 5.00. The van der Waals surface area contributed by atoms with Gasteiger partial charge in [0.15, 0.2) is 0 Å². The highest BCUT2D eigenvalue weighted by molar-refractivity contribution is 5.06. The molecule has 0 nitrogen and oxygen atoms in total. The van der Waals surface area contributed by atoms with Crippen molar-refractivity contribution >= 4 is 0 Å². The van der Waals surface area contributed by atoms with Crippen LogP contribution in [0.3, 0.4) is 0 Å². The maximum atomic E-state index is 2.41. The number of hydrogen-bond acceptors (Lipinski definition) is 0. The highest BCUT2D eigenvalue weighted by atomic mass is 14.3. The fourth-order valence-corrected chi connectivity index (χ4v) is 1.65. The molecule has 1 unspecified atom stereocenters. The van der Waals surface area contributed by atoms with Gasteiger partial charge < -0.3 is 0 Å². The SMILES string of the molecule is CC.CC1CCC(C)(C)C=CC1(C)C. The van der Waals surface area contributed by atoms with Gasteiger partial charge in [0.05, 0.1) is 0 Å². The van der Waals surface area contributed by atoms with Crippen LogP contribution in [0.2, 0.25) is 0 Å². The third-order valence-corrected chi connectivity index (χ3v) is 3.46. The molecule has 1 aliphatic rings. The maximum Gasteiger partial charge on any atom is -0.0149 e. The molecule has 0 bridgehead atoms. The second-order valence-corrected chi connectivity index (χ2v) is 5.58. The van der Waals surface area contributed by atoms with Gasteiger partial charge in [-0.15, -0.1) is 0 Å². The van der Waals surface area contributed by atoms with Crippen molar-refractivity contribution in [2.75, 3.05) is 0 Å². The van der Waals surface area contributed by atoms with Crippen LogP contribution in [0.15, 0.2) is 12.2 Å². The molecule has 1 rings (SSSR count). The van der Waals surface area contributed by atoms with Crippen molar-refractivity contribution in [3.05, 3.63) is 12.2 Å². The van der Waals surface area contributed by atoms with Crippen LogP contribution in [0, 0.1) is 16.7 Å². The summed E-state index contributed by atoms with van der Waals surface area (Å²) < 4.78 is 0. The summed E-state index contributed by atoms with van der Waals surface area (Å²) in [5.74, 6) is 0.815. The molecule has 0 fully saturated rings. The Hall–Kier alpha value is -0.260. The van der Waals surface area contributed by atoms with Gasteiger partial charge in [0.1, 0.15) is 0 Å². The van der Waals surface area contributed by atoms with Crippen molar-refractivity contribution in [1.82, 2.24) is 0 Å². The Balaban J connectivity index is 0.000000791. The van der Waals surface area contributed by atoms with Crippen molar-refractivity contribution < 1.29 is 0 Å². The van der Waals surface area contributed by atoms with E-state index >= 15 is 0 Å². The molecule has 84 valence electrons. The summed E-state index contributed by atoms with van der Waals surface area (Å²) in [5.41, 5.74) is 0.815. The molecule has 0 amide bonds. The van der Waals surface area contributed by atoms with Gasteiger partial charge in [0.2, 0.25) is 0 Å². The normalized spacial score (nSPS) is 28.6. The van der Waals surface area contributed by atoms with Gasteiger partial charge in [0.25, 0.3) is 0 Å². The number of allylic oxidation sites excluding steroid dienone is 2. The zero-order valence-electron chi connectivity index (χ0n) is 11.1. The summed E-state index contributed by atoms with van der Waals surface area (Å²) in [6.45, 7) is 15.7. The Morgan fingerprint density at radius 1 is 1.00 bits per heavy atom. The fourth-order valence-electron chi connectivity index (χ4n) is 1.65.